The second-order valence-corrected chi connectivity index (χ2v) is 8.75. The van der Waals surface area contributed by atoms with E-state index >= 15 is 0 Å². The van der Waals surface area contributed by atoms with Crippen LogP contribution in [-0.2, 0) is 6.54 Å². The molecule has 0 unspecified atom stereocenters. The first-order valence-corrected chi connectivity index (χ1v) is 11.3. The lowest BCUT2D eigenvalue weighted by Crippen LogP contribution is -2.18. The zero-order valence-corrected chi connectivity index (χ0v) is 19.0. The van der Waals surface area contributed by atoms with Gasteiger partial charge in [-0.2, -0.15) is 5.10 Å². The van der Waals surface area contributed by atoms with Gasteiger partial charge in [0.2, 0.25) is 0 Å². The summed E-state index contributed by atoms with van der Waals surface area (Å²) >= 11 is 1.43. The van der Waals surface area contributed by atoms with E-state index in [1.165, 1.54) is 11.3 Å². The Morgan fingerprint density at radius 2 is 2.03 bits per heavy atom. The van der Waals surface area contributed by atoms with Crippen molar-refractivity contribution < 1.29 is 9.21 Å². The molecule has 0 saturated carbocycles. The molecule has 5 rings (SSSR count). The maximum absolute atomic E-state index is 13.1. The summed E-state index contributed by atoms with van der Waals surface area (Å²) in [4.78, 5) is 23.7. The van der Waals surface area contributed by atoms with E-state index in [0.29, 0.717) is 11.4 Å². The monoisotopic (exact) mass is 458 g/mol. The van der Waals surface area contributed by atoms with Gasteiger partial charge in [-0.15, -0.1) is 11.3 Å². The number of rotatable bonds is 7. The van der Waals surface area contributed by atoms with Gasteiger partial charge in [-0.25, -0.2) is 4.98 Å². The van der Waals surface area contributed by atoms with Gasteiger partial charge < -0.3 is 14.6 Å². The number of hydrogen-bond donors (Lipinski definition) is 1. The Morgan fingerprint density at radius 3 is 2.79 bits per heavy atom. The number of carbonyl (C=O) groups is 1. The van der Waals surface area contributed by atoms with Crippen LogP contribution in [0.5, 0.6) is 0 Å². The van der Waals surface area contributed by atoms with E-state index in [-0.39, 0.29) is 5.91 Å². The highest BCUT2D eigenvalue weighted by atomic mass is 32.1. The Bertz CT molecular complexity index is 1390. The van der Waals surface area contributed by atoms with Gasteiger partial charge in [-0.3, -0.25) is 14.5 Å². The predicted octanol–water partition coefficient (Wildman–Crippen LogP) is 4.63. The Morgan fingerprint density at radius 1 is 1.18 bits per heavy atom. The quantitative estimate of drug-likeness (QED) is 0.383. The number of nitrogens with zero attached hydrogens (tertiary/aromatic N) is 5. The summed E-state index contributed by atoms with van der Waals surface area (Å²) in [5, 5.41) is 11.2. The lowest BCUT2D eigenvalue weighted by Gasteiger charge is -2.09. The molecule has 0 aliphatic rings. The maximum atomic E-state index is 13.1. The molecule has 0 aliphatic carbocycles. The van der Waals surface area contributed by atoms with Gasteiger partial charge in [-0.05, 0) is 44.4 Å². The van der Waals surface area contributed by atoms with Crippen molar-refractivity contribution in [2.45, 2.75) is 6.54 Å². The van der Waals surface area contributed by atoms with Crippen LogP contribution in [0.25, 0.3) is 32.6 Å². The van der Waals surface area contributed by atoms with Gasteiger partial charge >= 0.3 is 0 Å². The smallest absolute Gasteiger partial charge is 0.275 e. The minimum atomic E-state index is -0.268. The lowest BCUT2D eigenvalue weighted by molar-refractivity contribution is 0.102. The third-order valence-corrected chi connectivity index (χ3v) is 6.10. The summed E-state index contributed by atoms with van der Waals surface area (Å²) in [7, 11) is 4.07. The molecule has 4 heterocycles. The second-order valence-electron chi connectivity index (χ2n) is 7.89. The van der Waals surface area contributed by atoms with E-state index in [1.54, 1.807) is 30.3 Å². The van der Waals surface area contributed by atoms with Crippen molar-refractivity contribution in [1.82, 2.24) is 24.6 Å². The number of aromatic nitrogens is 4. The van der Waals surface area contributed by atoms with Crippen LogP contribution in [-0.4, -0.2) is 51.2 Å². The molecule has 0 aliphatic heterocycles. The van der Waals surface area contributed by atoms with Gasteiger partial charge in [0, 0.05) is 58.3 Å². The Labute approximate surface area is 194 Å². The number of furan rings is 1. The third-order valence-electron chi connectivity index (χ3n) is 5.21. The molecule has 0 atom stereocenters. The van der Waals surface area contributed by atoms with Gasteiger partial charge in [0.25, 0.3) is 5.91 Å². The number of likely N-dealkylation sites (N-methyl/N-ethyl adjacent to an activating group) is 1. The highest BCUT2D eigenvalue weighted by molar-refractivity contribution is 7.13. The Balaban J connectivity index is 1.46. The zero-order chi connectivity index (χ0) is 22.8. The summed E-state index contributed by atoms with van der Waals surface area (Å²) in [6, 6.07) is 9.54. The van der Waals surface area contributed by atoms with Crippen molar-refractivity contribution in [2.24, 2.45) is 0 Å². The first-order chi connectivity index (χ1) is 16.1. The fourth-order valence-corrected chi connectivity index (χ4v) is 4.30. The highest BCUT2D eigenvalue weighted by Gasteiger charge is 2.17. The van der Waals surface area contributed by atoms with Gasteiger partial charge in [0.05, 0.1) is 24.6 Å². The molecule has 0 fully saturated rings. The van der Waals surface area contributed by atoms with E-state index in [1.807, 2.05) is 55.3 Å². The number of nitrogens with one attached hydrogen (secondary N) is 1. The summed E-state index contributed by atoms with van der Waals surface area (Å²) in [5.74, 6) is -0.268. The number of amides is 1. The summed E-state index contributed by atoms with van der Waals surface area (Å²) in [6.07, 6.45) is 8.69. The molecule has 1 aromatic carbocycles. The minimum absolute atomic E-state index is 0.268. The zero-order valence-electron chi connectivity index (χ0n) is 18.2. The highest BCUT2D eigenvalue weighted by Crippen LogP contribution is 2.33. The van der Waals surface area contributed by atoms with Crippen molar-refractivity contribution in [3.63, 3.8) is 0 Å². The number of benzene rings is 1. The van der Waals surface area contributed by atoms with Crippen LogP contribution < -0.4 is 5.32 Å². The van der Waals surface area contributed by atoms with Crippen LogP contribution >= 0.6 is 11.3 Å². The van der Waals surface area contributed by atoms with E-state index in [9.17, 15) is 4.79 Å². The molecular weight excluding hydrogens is 436 g/mol. The Hall–Kier alpha value is -3.82. The van der Waals surface area contributed by atoms with Crippen molar-refractivity contribution >= 4 is 33.8 Å². The molecule has 0 bridgehead atoms. The van der Waals surface area contributed by atoms with Gasteiger partial charge in [0.15, 0.2) is 0 Å². The van der Waals surface area contributed by atoms with Gasteiger partial charge in [-0.1, -0.05) is 0 Å². The summed E-state index contributed by atoms with van der Waals surface area (Å²) in [6.45, 7) is 1.66. The fraction of sp³-hybridized carbons (Fsp3) is 0.167. The number of carbonyl (C=O) groups excluding carboxylic acids is 1. The largest absolute Gasteiger partial charge is 0.472 e. The standard InChI is InChI=1S/C24H22N6O2S/c1-29(2)8-9-30-13-18-11-21(19(12-20(18)28-30)17-5-10-32-14-17)26-23(31)22-15-33-24(27-22)16-3-6-25-7-4-16/h3-7,10-15H,8-9H2,1-2H3,(H,26,31). The average molecular weight is 459 g/mol. The molecule has 1 amide bonds. The Kier molecular flexibility index (Phi) is 5.72. The number of pyridine rings is 1. The van der Waals surface area contributed by atoms with Crippen LogP contribution in [0, 0.1) is 0 Å². The number of thiazole rings is 1. The fourth-order valence-electron chi connectivity index (χ4n) is 3.49. The average Bonchev–Trinajstić information content (AvgIpc) is 3.58. The van der Waals surface area contributed by atoms with Crippen molar-refractivity contribution in [2.75, 3.05) is 26.0 Å². The van der Waals surface area contributed by atoms with E-state index in [2.05, 4.69) is 20.2 Å². The van der Waals surface area contributed by atoms with E-state index in [4.69, 9.17) is 9.52 Å². The normalized spacial score (nSPS) is 11.4. The predicted molar refractivity (Wildman–Crippen MR) is 129 cm³/mol. The van der Waals surface area contributed by atoms with Crippen molar-refractivity contribution in [3.05, 3.63) is 72.5 Å². The van der Waals surface area contributed by atoms with Crippen LogP contribution in [0.1, 0.15) is 10.5 Å². The molecule has 166 valence electrons. The van der Waals surface area contributed by atoms with Crippen LogP contribution in [0.15, 0.2) is 71.2 Å². The summed E-state index contributed by atoms with van der Waals surface area (Å²) < 4.78 is 7.22. The molecular formula is C24H22N6O2S. The van der Waals surface area contributed by atoms with Gasteiger partial charge in [0.1, 0.15) is 10.7 Å². The molecule has 5 aromatic rings. The van der Waals surface area contributed by atoms with Crippen LogP contribution in [0.4, 0.5) is 5.69 Å². The maximum Gasteiger partial charge on any atom is 0.275 e. The summed E-state index contributed by atoms with van der Waals surface area (Å²) in [5.41, 5.74) is 4.54. The molecule has 0 saturated heterocycles. The third kappa shape index (κ3) is 4.55. The van der Waals surface area contributed by atoms with Crippen LogP contribution in [0.2, 0.25) is 0 Å². The topological polar surface area (TPSA) is 89.1 Å². The molecule has 4 aromatic heterocycles. The number of fused-ring (bicyclic) bond motifs is 1. The number of anilines is 1. The number of hydrogen-bond acceptors (Lipinski definition) is 7. The van der Waals surface area contributed by atoms with Crippen molar-refractivity contribution in [1.29, 1.82) is 0 Å². The van der Waals surface area contributed by atoms with Crippen molar-refractivity contribution in [3.8, 4) is 21.7 Å². The first kappa shape index (κ1) is 21.0. The minimum Gasteiger partial charge on any atom is -0.472 e. The van der Waals surface area contributed by atoms with E-state index in [0.717, 1.165) is 45.7 Å². The van der Waals surface area contributed by atoms with E-state index < -0.39 is 0 Å². The first-order valence-electron chi connectivity index (χ1n) is 10.4. The molecule has 0 spiro atoms. The molecule has 8 nitrogen and oxygen atoms in total. The molecule has 9 heteroatoms. The second kappa shape index (κ2) is 8.97. The lowest BCUT2D eigenvalue weighted by atomic mass is 10.0. The SMILES string of the molecule is CN(C)CCn1cc2cc(NC(=O)c3csc(-c4ccncc4)n3)c(-c3ccoc3)cc2n1. The van der Waals surface area contributed by atoms with Crippen LogP contribution in [0.3, 0.4) is 0 Å². The molecule has 0 radical (unpaired) electrons. The molecule has 1 N–H and O–H groups in total. The molecule has 33 heavy (non-hydrogen) atoms.